The third-order valence-electron chi connectivity index (χ3n) is 3.00. The maximum Gasteiger partial charge on any atom is 0.339 e. The number of nitrogens with zero attached hydrogens (tertiary/aromatic N) is 1. The van der Waals surface area contributed by atoms with Gasteiger partial charge in [-0.3, -0.25) is 0 Å². The summed E-state index contributed by atoms with van der Waals surface area (Å²) in [5.74, 6) is 0.399. The highest BCUT2D eigenvalue weighted by Gasteiger charge is 2.07. The fourth-order valence-electron chi connectivity index (χ4n) is 1.88. The molecule has 2 amide bonds. The second-order valence-electron chi connectivity index (χ2n) is 4.66. The first-order valence-electron chi connectivity index (χ1n) is 6.70. The number of aryl methyl sites for hydroxylation is 1. The van der Waals surface area contributed by atoms with E-state index in [0.29, 0.717) is 21.4 Å². The smallest absolute Gasteiger partial charge is 0.339 e. The van der Waals surface area contributed by atoms with E-state index in [9.17, 15) is 4.79 Å². The highest BCUT2D eigenvalue weighted by molar-refractivity contribution is 6.37. The van der Waals surface area contributed by atoms with Gasteiger partial charge in [0.2, 0.25) is 0 Å². The van der Waals surface area contributed by atoms with Gasteiger partial charge in [-0.15, -0.1) is 0 Å². The summed E-state index contributed by atoms with van der Waals surface area (Å²) in [7, 11) is 1.48. The van der Waals surface area contributed by atoms with Crippen LogP contribution in [0.3, 0.4) is 0 Å². The Kier molecular flexibility index (Phi) is 5.84. The first kappa shape index (κ1) is 17.1. The van der Waals surface area contributed by atoms with Crippen molar-refractivity contribution in [1.29, 1.82) is 0 Å². The molecule has 0 aliphatic rings. The Labute approximate surface area is 144 Å². The van der Waals surface area contributed by atoms with Gasteiger partial charge in [0.15, 0.2) is 5.75 Å². The maximum atomic E-state index is 11.8. The van der Waals surface area contributed by atoms with Crippen LogP contribution in [-0.2, 0) is 0 Å². The van der Waals surface area contributed by atoms with Gasteiger partial charge in [-0.05, 0) is 36.2 Å². The average Bonchev–Trinajstić information content (AvgIpc) is 2.49. The Morgan fingerprint density at radius 3 is 2.48 bits per heavy atom. The molecule has 0 saturated carbocycles. The topological polar surface area (TPSA) is 62.7 Å². The van der Waals surface area contributed by atoms with Crippen molar-refractivity contribution in [2.24, 2.45) is 5.10 Å². The normalized spacial score (nSPS) is 10.6. The van der Waals surface area contributed by atoms with E-state index in [2.05, 4.69) is 15.8 Å². The van der Waals surface area contributed by atoms with Gasteiger partial charge >= 0.3 is 6.03 Å². The van der Waals surface area contributed by atoms with Gasteiger partial charge in [-0.1, -0.05) is 41.4 Å². The number of para-hydroxylation sites is 1. The molecule has 2 aromatic carbocycles. The molecule has 0 spiro atoms. The van der Waals surface area contributed by atoms with Crippen LogP contribution in [0.1, 0.15) is 11.1 Å². The molecule has 0 bridgehead atoms. The van der Waals surface area contributed by atoms with Crippen LogP contribution in [0.15, 0.2) is 41.5 Å². The molecule has 5 nitrogen and oxygen atoms in total. The Hall–Kier alpha value is -2.24. The Morgan fingerprint density at radius 1 is 1.22 bits per heavy atom. The van der Waals surface area contributed by atoms with Crippen molar-refractivity contribution in [1.82, 2.24) is 5.43 Å². The molecule has 0 radical (unpaired) electrons. The lowest BCUT2D eigenvalue weighted by Gasteiger charge is -2.07. The molecule has 0 aliphatic heterocycles. The summed E-state index contributed by atoms with van der Waals surface area (Å²) in [5.41, 5.74) is 4.69. The highest BCUT2D eigenvalue weighted by Crippen LogP contribution is 2.33. The number of hydrazone groups is 1. The molecule has 0 atom stereocenters. The number of hydrogen-bond acceptors (Lipinski definition) is 3. The molecule has 23 heavy (non-hydrogen) atoms. The molecule has 120 valence electrons. The van der Waals surface area contributed by atoms with Crippen molar-refractivity contribution < 1.29 is 9.53 Å². The van der Waals surface area contributed by atoms with Crippen molar-refractivity contribution in [3.8, 4) is 5.75 Å². The molecule has 7 heteroatoms. The summed E-state index contributed by atoms with van der Waals surface area (Å²) in [6, 6.07) is 10.3. The number of benzene rings is 2. The number of ether oxygens (including phenoxy) is 1. The number of nitrogens with one attached hydrogen (secondary N) is 2. The fraction of sp³-hybridized carbons (Fsp3) is 0.125. The molecule has 0 unspecified atom stereocenters. The Bertz CT molecular complexity index is 725. The first-order chi connectivity index (χ1) is 11.0. The molecule has 0 saturated heterocycles. The van der Waals surface area contributed by atoms with Crippen LogP contribution in [0.2, 0.25) is 10.0 Å². The first-order valence-corrected chi connectivity index (χ1v) is 7.45. The quantitative estimate of drug-likeness (QED) is 0.630. The lowest BCUT2D eigenvalue weighted by Crippen LogP contribution is -2.24. The van der Waals surface area contributed by atoms with E-state index in [0.717, 1.165) is 11.3 Å². The van der Waals surface area contributed by atoms with Gasteiger partial charge in [0.05, 0.1) is 23.4 Å². The molecule has 2 rings (SSSR count). The molecule has 0 aliphatic carbocycles. The van der Waals surface area contributed by atoms with Crippen LogP contribution < -0.4 is 15.5 Å². The molecular weight excluding hydrogens is 337 g/mol. The lowest BCUT2D eigenvalue weighted by molar-refractivity contribution is 0.252. The number of urea groups is 1. The Balaban J connectivity index is 1.99. The van der Waals surface area contributed by atoms with Gasteiger partial charge < -0.3 is 10.1 Å². The van der Waals surface area contributed by atoms with Crippen molar-refractivity contribution in [2.75, 3.05) is 12.4 Å². The van der Waals surface area contributed by atoms with Crippen LogP contribution in [0.25, 0.3) is 0 Å². The van der Waals surface area contributed by atoms with E-state index < -0.39 is 6.03 Å². The third kappa shape index (κ3) is 4.61. The van der Waals surface area contributed by atoms with Gasteiger partial charge in [0.25, 0.3) is 0 Å². The summed E-state index contributed by atoms with van der Waals surface area (Å²) < 4.78 is 5.06. The number of halogens is 2. The number of methoxy groups -OCH3 is 1. The standard InChI is InChI=1S/C16H15Cl2N3O2/c1-10-5-3-4-6-14(10)20-16(22)21-19-9-11-7-12(17)15(23-2)13(18)8-11/h3-9H,1-2H3,(H2,20,21,22). The number of anilines is 1. The van der Waals surface area contributed by atoms with Crippen LogP contribution in [0.4, 0.5) is 10.5 Å². The third-order valence-corrected chi connectivity index (χ3v) is 3.56. The molecule has 0 fully saturated rings. The second-order valence-corrected chi connectivity index (χ2v) is 5.47. The summed E-state index contributed by atoms with van der Waals surface area (Å²) >= 11 is 12.1. The predicted molar refractivity (Wildman–Crippen MR) is 93.9 cm³/mol. The van der Waals surface area contributed by atoms with E-state index in [-0.39, 0.29) is 0 Å². The number of rotatable bonds is 4. The average molecular weight is 352 g/mol. The van der Waals surface area contributed by atoms with Crippen molar-refractivity contribution in [2.45, 2.75) is 6.92 Å². The van der Waals surface area contributed by atoms with E-state index in [1.165, 1.54) is 13.3 Å². The monoisotopic (exact) mass is 351 g/mol. The van der Waals surface area contributed by atoms with E-state index in [1.807, 2.05) is 31.2 Å². The molecule has 2 N–H and O–H groups in total. The van der Waals surface area contributed by atoms with Gasteiger partial charge in [0.1, 0.15) is 0 Å². The van der Waals surface area contributed by atoms with Crippen molar-refractivity contribution in [3.63, 3.8) is 0 Å². The van der Waals surface area contributed by atoms with E-state index in [1.54, 1.807) is 12.1 Å². The zero-order chi connectivity index (χ0) is 16.8. The fourth-order valence-corrected chi connectivity index (χ4v) is 2.54. The lowest BCUT2D eigenvalue weighted by atomic mass is 10.2. The van der Waals surface area contributed by atoms with Gasteiger partial charge in [-0.2, -0.15) is 5.10 Å². The molecule has 0 heterocycles. The predicted octanol–water partition coefficient (Wildman–Crippen LogP) is 4.47. The molecule has 0 aromatic heterocycles. The summed E-state index contributed by atoms with van der Waals surface area (Å²) in [6.45, 7) is 1.90. The Morgan fingerprint density at radius 2 is 1.87 bits per heavy atom. The summed E-state index contributed by atoms with van der Waals surface area (Å²) in [5, 5.41) is 7.29. The zero-order valence-corrected chi connectivity index (χ0v) is 14.1. The SMILES string of the molecule is COc1c(Cl)cc(C=NNC(=O)Nc2ccccc2C)cc1Cl. The van der Waals surface area contributed by atoms with Gasteiger partial charge in [-0.25, -0.2) is 10.2 Å². The maximum absolute atomic E-state index is 11.8. The number of carbonyl (C=O) groups is 1. The van der Waals surface area contributed by atoms with Crippen LogP contribution in [0.5, 0.6) is 5.75 Å². The largest absolute Gasteiger partial charge is 0.494 e. The molecular formula is C16H15Cl2N3O2. The number of amides is 2. The summed E-state index contributed by atoms with van der Waals surface area (Å²) in [4.78, 5) is 11.8. The number of hydrogen-bond donors (Lipinski definition) is 2. The van der Waals surface area contributed by atoms with E-state index >= 15 is 0 Å². The second kappa shape index (κ2) is 7.85. The number of carbonyl (C=O) groups excluding carboxylic acids is 1. The minimum absolute atomic E-state index is 0.366. The minimum atomic E-state index is -0.443. The molecule has 2 aromatic rings. The van der Waals surface area contributed by atoms with Gasteiger partial charge in [0, 0.05) is 5.69 Å². The summed E-state index contributed by atoms with van der Waals surface area (Å²) in [6.07, 6.45) is 1.44. The highest BCUT2D eigenvalue weighted by atomic mass is 35.5. The van der Waals surface area contributed by atoms with Crippen molar-refractivity contribution >= 4 is 41.1 Å². The van der Waals surface area contributed by atoms with Crippen LogP contribution in [0, 0.1) is 6.92 Å². The van der Waals surface area contributed by atoms with Crippen molar-refractivity contribution in [3.05, 3.63) is 57.6 Å². The van der Waals surface area contributed by atoms with Crippen LogP contribution >= 0.6 is 23.2 Å². The zero-order valence-electron chi connectivity index (χ0n) is 12.6. The minimum Gasteiger partial charge on any atom is -0.494 e. The van der Waals surface area contributed by atoms with Crippen LogP contribution in [-0.4, -0.2) is 19.4 Å². The van der Waals surface area contributed by atoms with E-state index in [4.69, 9.17) is 27.9 Å².